The van der Waals surface area contributed by atoms with Gasteiger partial charge in [0.25, 0.3) is 5.91 Å². The van der Waals surface area contributed by atoms with Crippen molar-refractivity contribution in [1.82, 2.24) is 5.48 Å². The number of rotatable bonds is 3. The fourth-order valence-corrected chi connectivity index (χ4v) is 0.380. The molecule has 0 radical (unpaired) electrons. The molecule has 0 aliphatic rings. The van der Waals surface area contributed by atoms with Crippen LogP contribution < -0.4 is 11.2 Å². The second kappa shape index (κ2) is 4.81. The van der Waals surface area contributed by atoms with Gasteiger partial charge in [-0.3, -0.25) is 9.63 Å². The fraction of sp³-hybridized carbons (Fsp3) is 0.500. The lowest BCUT2D eigenvalue weighted by atomic mass is 10.4. The van der Waals surface area contributed by atoms with Crippen LogP contribution in [0.1, 0.15) is 13.8 Å². The number of nitrogens with one attached hydrogen (secondary N) is 1. The van der Waals surface area contributed by atoms with Crippen molar-refractivity contribution < 1.29 is 9.63 Å². The molecule has 1 amide bonds. The minimum absolute atomic E-state index is 0.332. The van der Waals surface area contributed by atoms with Gasteiger partial charge in [-0.15, -0.1) is 0 Å². The van der Waals surface area contributed by atoms with Gasteiger partial charge in [0.1, 0.15) is 0 Å². The molecule has 0 spiro atoms. The van der Waals surface area contributed by atoms with Gasteiger partial charge in [-0.25, -0.2) is 5.48 Å². The Morgan fingerprint density at radius 1 is 1.80 bits per heavy atom. The van der Waals surface area contributed by atoms with Crippen molar-refractivity contribution in [3.63, 3.8) is 0 Å². The van der Waals surface area contributed by atoms with E-state index in [1.54, 1.807) is 13.8 Å². The lowest BCUT2D eigenvalue weighted by Crippen LogP contribution is -2.22. The van der Waals surface area contributed by atoms with Gasteiger partial charge in [-0.05, 0) is 13.8 Å². The Morgan fingerprint density at radius 3 is 2.80 bits per heavy atom. The predicted octanol–water partition coefficient (Wildman–Crippen LogP) is -0.0834. The molecule has 0 rings (SSSR count). The van der Waals surface area contributed by atoms with Gasteiger partial charge in [0.2, 0.25) is 0 Å². The van der Waals surface area contributed by atoms with E-state index in [0.717, 1.165) is 0 Å². The van der Waals surface area contributed by atoms with E-state index < -0.39 is 0 Å². The van der Waals surface area contributed by atoms with Crippen molar-refractivity contribution in [2.24, 2.45) is 5.73 Å². The van der Waals surface area contributed by atoms with E-state index >= 15 is 0 Å². The molecule has 10 heavy (non-hydrogen) atoms. The second-order valence-electron chi connectivity index (χ2n) is 1.79. The topological polar surface area (TPSA) is 64.3 Å². The molecule has 4 heteroatoms. The number of hydrogen-bond donors (Lipinski definition) is 2. The SMILES string of the molecule is CCONC(=O)/C=C(\C)N. The maximum Gasteiger partial charge on any atom is 0.269 e. The first-order chi connectivity index (χ1) is 4.66. The highest BCUT2D eigenvalue weighted by molar-refractivity contribution is 5.87. The molecule has 0 aliphatic heterocycles. The number of carbonyl (C=O) groups is 1. The Balaban J connectivity index is 3.54. The molecule has 3 N–H and O–H groups in total. The van der Waals surface area contributed by atoms with Gasteiger partial charge in [0.05, 0.1) is 6.61 Å². The molecule has 0 aromatic heterocycles. The van der Waals surface area contributed by atoms with Crippen molar-refractivity contribution in [2.45, 2.75) is 13.8 Å². The van der Waals surface area contributed by atoms with Crippen LogP contribution >= 0.6 is 0 Å². The Hall–Kier alpha value is -1.03. The van der Waals surface area contributed by atoms with Crippen LogP contribution in [0.25, 0.3) is 0 Å². The summed E-state index contributed by atoms with van der Waals surface area (Å²) in [7, 11) is 0. The van der Waals surface area contributed by atoms with E-state index in [1.807, 2.05) is 0 Å². The molecule has 0 bridgehead atoms. The first-order valence-electron chi connectivity index (χ1n) is 3.02. The predicted molar refractivity (Wildman–Crippen MR) is 37.7 cm³/mol. The van der Waals surface area contributed by atoms with Crippen LogP contribution in [-0.4, -0.2) is 12.5 Å². The van der Waals surface area contributed by atoms with Crippen molar-refractivity contribution in [3.8, 4) is 0 Å². The number of hydroxylamine groups is 1. The quantitative estimate of drug-likeness (QED) is 0.430. The maximum atomic E-state index is 10.6. The van der Waals surface area contributed by atoms with Crippen LogP contribution in [-0.2, 0) is 9.63 Å². The molecule has 0 atom stereocenters. The summed E-state index contributed by atoms with van der Waals surface area (Å²) in [4.78, 5) is 15.2. The Labute approximate surface area is 60.0 Å². The summed E-state index contributed by atoms with van der Waals surface area (Å²) in [6.07, 6.45) is 1.26. The lowest BCUT2D eigenvalue weighted by Gasteiger charge is -1.98. The standard InChI is InChI=1S/C6H12N2O2/c1-3-10-8-6(9)4-5(2)7/h4H,3,7H2,1-2H3,(H,8,9)/b5-4+. The third kappa shape index (κ3) is 5.11. The fourth-order valence-electron chi connectivity index (χ4n) is 0.380. The third-order valence-electron chi connectivity index (χ3n) is 0.676. The highest BCUT2D eigenvalue weighted by Crippen LogP contribution is 1.78. The number of carbonyl (C=O) groups excluding carboxylic acids is 1. The molecule has 4 nitrogen and oxygen atoms in total. The average molecular weight is 144 g/mol. The van der Waals surface area contributed by atoms with Crippen LogP contribution in [0.2, 0.25) is 0 Å². The highest BCUT2D eigenvalue weighted by atomic mass is 16.6. The number of amides is 1. The molecular weight excluding hydrogens is 132 g/mol. The lowest BCUT2D eigenvalue weighted by molar-refractivity contribution is -0.128. The summed E-state index contributed by atoms with van der Waals surface area (Å²) in [6, 6.07) is 0. The van der Waals surface area contributed by atoms with E-state index in [-0.39, 0.29) is 5.91 Å². The molecule has 0 aliphatic carbocycles. The smallest absolute Gasteiger partial charge is 0.269 e. The summed E-state index contributed by atoms with van der Waals surface area (Å²) in [6.45, 7) is 3.86. The van der Waals surface area contributed by atoms with E-state index in [2.05, 4.69) is 10.3 Å². The Morgan fingerprint density at radius 2 is 2.40 bits per heavy atom. The van der Waals surface area contributed by atoms with Gasteiger partial charge in [-0.1, -0.05) is 0 Å². The molecule has 0 fully saturated rings. The van der Waals surface area contributed by atoms with Crippen molar-refractivity contribution >= 4 is 5.91 Å². The molecule has 0 saturated carbocycles. The number of nitrogens with two attached hydrogens (primary N) is 1. The summed E-state index contributed by atoms with van der Waals surface area (Å²) in [5.41, 5.74) is 7.83. The molecule has 0 heterocycles. The minimum Gasteiger partial charge on any atom is -0.402 e. The third-order valence-corrected chi connectivity index (χ3v) is 0.676. The molecule has 58 valence electrons. The monoisotopic (exact) mass is 144 g/mol. The zero-order valence-corrected chi connectivity index (χ0v) is 6.18. The van der Waals surface area contributed by atoms with Crippen LogP contribution in [0.4, 0.5) is 0 Å². The molecule has 0 unspecified atom stereocenters. The van der Waals surface area contributed by atoms with Gasteiger partial charge in [0, 0.05) is 11.8 Å². The highest BCUT2D eigenvalue weighted by Gasteiger charge is 1.92. The first-order valence-corrected chi connectivity index (χ1v) is 3.02. The van der Waals surface area contributed by atoms with E-state index in [0.29, 0.717) is 12.3 Å². The Kier molecular flexibility index (Phi) is 4.32. The average Bonchev–Trinajstić information content (AvgIpc) is 1.82. The zero-order chi connectivity index (χ0) is 7.98. The van der Waals surface area contributed by atoms with Crippen molar-refractivity contribution in [1.29, 1.82) is 0 Å². The van der Waals surface area contributed by atoms with Gasteiger partial charge in [0.15, 0.2) is 0 Å². The first kappa shape index (κ1) is 8.97. The Bertz CT molecular complexity index is 139. The normalized spacial score (nSPS) is 11.2. The summed E-state index contributed by atoms with van der Waals surface area (Å²) in [5, 5.41) is 0. The van der Waals surface area contributed by atoms with Crippen LogP contribution in [0.3, 0.4) is 0 Å². The van der Waals surface area contributed by atoms with Crippen LogP contribution in [0.5, 0.6) is 0 Å². The van der Waals surface area contributed by atoms with E-state index in [1.165, 1.54) is 6.08 Å². The van der Waals surface area contributed by atoms with E-state index in [4.69, 9.17) is 5.73 Å². The minimum atomic E-state index is -0.332. The number of allylic oxidation sites excluding steroid dienone is 1. The van der Waals surface area contributed by atoms with Crippen molar-refractivity contribution in [3.05, 3.63) is 11.8 Å². The largest absolute Gasteiger partial charge is 0.402 e. The summed E-state index contributed by atoms with van der Waals surface area (Å²) in [5.74, 6) is -0.332. The van der Waals surface area contributed by atoms with Gasteiger partial charge < -0.3 is 5.73 Å². The van der Waals surface area contributed by atoms with E-state index in [9.17, 15) is 4.79 Å². The van der Waals surface area contributed by atoms with Gasteiger partial charge in [-0.2, -0.15) is 0 Å². The van der Waals surface area contributed by atoms with Crippen molar-refractivity contribution in [2.75, 3.05) is 6.61 Å². The maximum absolute atomic E-state index is 10.6. The van der Waals surface area contributed by atoms with Gasteiger partial charge >= 0.3 is 0 Å². The number of hydrogen-bond acceptors (Lipinski definition) is 3. The van der Waals surface area contributed by atoms with Crippen LogP contribution in [0, 0.1) is 0 Å². The molecule has 0 aromatic rings. The molecule has 0 aromatic carbocycles. The molecule has 0 saturated heterocycles. The van der Waals surface area contributed by atoms with Crippen LogP contribution in [0.15, 0.2) is 11.8 Å². The summed E-state index contributed by atoms with van der Waals surface area (Å²) < 4.78 is 0. The summed E-state index contributed by atoms with van der Waals surface area (Å²) >= 11 is 0. The molecular formula is C6H12N2O2. The second-order valence-corrected chi connectivity index (χ2v) is 1.79. The zero-order valence-electron chi connectivity index (χ0n) is 6.18.